The number of hydrogen-bond donors (Lipinski definition) is 2. The first-order valence-electron chi connectivity index (χ1n) is 10.9. The van der Waals surface area contributed by atoms with Crippen LogP contribution in [0.4, 0.5) is 11.5 Å². The monoisotopic (exact) mass is 468 g/mol. The summed E-state index contributed by atoms with van der Waals surface area (Å²) in [5.74, 6) is 1.27. The van der Waals surface area contributed by atoms with E-state index in [4.69, 9.17) is 20.2 Å². The molecule has 0 bridgehead atoms. The zero-order valence-electron chi connectivity index (χ0n) is 18.8. The number of ether oxygens (including phenoxy) is 2. The minimum Gasteiger partial charge on any atom is -0.497 e. The molecule has 2 aliphatic rings. The van der Waals surface area contributed by atoms with Gasteiger partial charge < -0.3 is 25.4 Å². The summed E-state index contributed by atoms with van der Waals surface area (Å²) in [5.41, 5.74) is 9.61. The molecule has 2 aromatic carbocycles. The number of hydrogen-bond acceptors (Lipinski definition) is 8. The lowest BCUT2D eigenvalue weighted by molar-refractivity contribution is -0.0461. The Kier molecular flexibility index (Phi) is 5.43. The van der Waals surface area contributed by atoms with E-state index in [9.17, 15) is 8.42 Å². The maximum absolute atomic E-state index is 13.0. The van der Waals surface area contributed by atoms with Gasteiger partial charge in [0.05, 0.1) is 42.0 Å². The van der Waals surface area contributed by atoms with Gasteiger partial charge in [0.2, 0.25) is 0 Å². The van der Waals surface area contributed by atoms with Crippen LogP contribution in [0.5, 0.6) is 5.75 Å². The van der Waals surface area contributed by atoms with Crippen molar-refractivity contribution in [2.24, 2.45) is 5.73 Å². The molecule has 9 heteroatoms. The predicted molar refractivity (Wildman–Crippen MR) is 129 cm³/mol. The maximum Gasteiger partial charge on any atom is 0.180 e. The van der Waals surface area contributed by atoms with Crippen molar-refractivity contribution in [1.82, 2.24) is 4.98 Å². The zero-order valence-corrected chi connectivity index (χ0v) is 19.6. The Balaban J connectivity index is 1.54. The number of nitrogens with zero attached hydrogens (tertiary/aromatic N) is 2. The number of aromatic nitrogens is 1. The van der Waals surface area contributed by atoms with E-state index >= 15 is 0 Å². The highest BCUT2D eigenvalue weighted by atomic mass is 32.2. The van der Waals surface area contributed by atoms with Crippen LogP contribution >= 0.6 is 0 Å². The first-order valence-corrected chi connectivity index (χ1v) is 12.6. The topological polar surface area (TPSA) is 107 Å². The van der Waals surface area contributed by atoms with Gasteiger partial charge in [-0.3, -0.25) is 0 Å². The second-order valence-electron chi connectivity index (χ2n) is 8.97. The van der Waals surface area contributed by atoms with Gasteiger partial charge >= 0.3 is 0 Å². The van der Waals surface area contributed by atoms with Gasteiger partial charge in [-0.1, -0.05) is 17.7 Å². The van der Waals surface area contributed by atoms with Crippen LogP contribution in [-0.4, -0.2) is 58.1 Å². The number of methoxy groups -OCH3 is 1. The Labute approximate surface area is 193 Å². The highest BCUT2D eigenvalue weighted by Gasteiger charge is 2.34. The van der Waals surface area contributed by atoms with Crippen molar-refractivity contribution < 1.29 is 17.9 Å². The van der Waals surface area contributed by atoms with Gasteiger partial charge in [0, 0.05) is 36.8 Å². The van der Waals surface area contributed by atoms with Crippen molar-refractivity contribution >= 4 is 32.2 Å². The molecule has 0 atom stereocenters. The Morgan fingerprint density at radius 3 is 2.76 bits per heavy atom. The fraction of sp³-hybridized carbons (Fsp3) is 0.375. The summed E-state index contributed by atoms with van der Waals surface area (Å²) in [6.45, 7) is 4.47. The Hall–Kier alpha value is -2.88. The van der Waals surface area contributed by atoms with E-state index in [1.54, 1.807) is 12.1 Å². The Morgan fingerprint density at radius 1 is 1.21 bits per heavy atom. The number of benzene rings is 2. The van der Waals surface area contributed by atoms with E-state index in [1.807, 2.05) is 36.1 Å². The molecule has 0 aliphatic carbocycles. The maximum atomic E-state index is 13.0. The molecule has 8 nitrogen and oxygen atoms in total. The lowest BCUT2D eigenvalue weighted by atomic mass is 9.99. The molecule has 1 saturated heterocycles. The molecular weight excluding hydrogens is 440 g/mol. The minimum absolute atomic E-state index is 0.00674. The van der Waals surface area contributed by atoms with Crippen LogP contribution in [0.3, 0.4) is 0 Å². The number of fused-ring (bicyclic) bond motifs is 2. The largest absolute Gasteiger partial charge is 0.497 e. The SMILES string of the molecule is COc1ccc2c(c1)S(=O)(=O)CCN(c1cc(NCC3(N)COC3)c3cc(C)ccc3n1)C2. The molecule has 0 saturated carbocycles. The summed E-state index contributed by atoms with van der Waals surface area (Å²) in [6, 6.07) is 13.3. The Bertz CT molecular complexity index is 1320. The van der Waals surface area contributed by atoms with Crippen LogP contribution in [0.1, 0.15) is 11.1 Å². The number of anilines is 2. The molecule has 3 aromatic rings. The first kappa shape index (κ1) is 21.9. The third kappa shape index (κ3) is 4.23. The van der Waals surface area contributed by atoms with Crippen LogP contribution < -0.4 is 20.7 Å². The smallest absolute Gasteiger partial charge is 0.180 e. The zero-order chi connectivity index (χ0) is 23.2. The quantitative estimate of drug-likeness (QED) is 0.588. The number of nitrogens with two attached hydrogens (primary N) is 1. The van der Waals surface area contributed by atoms with E-state index in [0.29, 0.717) is 43.5 Å². The van der Waals surface area contributed by atoms with E-state index < -0.39 is 9.84 Å². The van der Waals surface area contributed by atoms with E-state index in [0.717, 1.165) is 33.5 Å². The standard InChI is InChI=1S/C24H28N4O4S/c1-16-3-6-20-19(9-16)21(26-13-24(25)14-32-15-24)11-23(27-20)28-7-8-33(29,30)22-10-18(31-2)5-4-17(22)12-28/h3-6,9-11H,7-8,12-15,25H2,1-2H3,(H,26,27). The molecule has 33 heavy (non-hydrogen) atoms. The summed E-state index contributed by atoms with van der Waals surface area (Å²) in [7, 11) is -1.90. The van der Waals surface area contributed by atoms with Crippen molar-refractivity contribution in [3.63, 3.8) is 0 Å². The van der Waals surface area contributed by atoms with Crippen LogP contribution in [-0.2, 0) is 21.1 Å². The molecule has 0 radical (unpaired) electrons. The lowest BCUT2D eigenvalue weighted by Gasteiger charge is -2.38. The number of aryl methyl sites for hydroxylation is 1. The molecular formula is C24H28N4O4S. The van der Waals surface area contributed by atoms with E-state index in [1.165, 1.54) is 7.11 Å². The third-order valence-corrected chi connectivity index (χ3v) is 8.06. The van der Waals surface area contributed by atoms with Gasteiger partial charge in [0.25, 0.3) is 0 Å². The fourth-order valence-corrected chi connectivity index (χ4v) is 5.78. The van der Waals surface area contributed by atoms with Gasteiger partial charge in [-0.2, -0.15) is 0 Å². The van der Waals surface area contributed by atoms with Crippen LogP contribution in [0.2, 0.25) is 0 Å². The second kappa shape index (κ2) is 8.16. The molecule has 5 rings (SSSR count). The molecule has 2 aliphatic heterocycles. The number of nitrogens with one attached hydrogen (secondary N) is 1. The highest BCUT2D eigenvalue weighted by Crippen LogP contribution is 2.33. The van der Waals surface area contributed by atoms with E-state index in [-0.39, 0.29) is 11.3 Å². The predicted octanol–water partition coefficient (Wildman–Crippen LogP) is 2.49. The molecule has 3 heterocycles. The molecule has 0 spiro atoms. The number of pyridine rings is 1. The summed E-state index contributed by atoms with van der Waals surface area (Å²) < 4.78 is 36.5. The average Bonchev–Trinajstić information content (AvgIpc) is 2.91. The summed E-state index contributed by atoms with van der Waals surface area (Å²) >= 11 is 0. The normalized spacial score (nSPS) is 18.8. The third-order valence-electron chi connectivity index (χ3n) is 6.29. The van der Waals surface area contributed by atoms with Crippen molar-refractivity contribution in [1.29, 1.82) is 0 Å². The lowest BCUT2D eigenvalue weighted by Crippen LogP contribution is -2.61. The van der Waals surface area contributed by atoms with Gasteiger partial charge in [0.15, 0.2) is 9.84 Å². The molecule has 0 amide bonds. The average molecular weight is 469 g/mol. The van der Waals surface area contributed by atoms with Crippen molar-refractivity contribution in [2.45, 2.75) is 23.9 Å². The second-order valence-corrected chi connectivity index (χ2v) is 11.0. The molecule has 174 valence electrons. The summed E-state index contributed by atoms with van der Waals surface area (Å²) in [4.78, 5) is 7.23. The van der Waals surface area contributed by atoms with Gasteiger partial charge in [-0.25, -0.2) is 13.4 Å². The molecule has 1 fully saturated rings. The number of rotatable bonds is 5. The van der Waals surface area contributed by atoms with Crippen molar-refractivity contribution in [3.05, 3.63) is 53.6 Å². The van der Waals surface area contributed by atoms with Crippen molar-refractivity contribution in [2.75, 3.05) is 49.4 Å². The Morgan fingerprint density at radius 2 is 2.03 bits per heavy atom. The highest BCUT2D eigenvalue weighted by molar-refractivity contribution is 7.91. The fourth-order valence-electron chi connectivity index (χ4n) is 4.27. The minimum atomic E-state index is -3.43. The van der Waals surface area contributed by atoms with Crippen molar-refractivity contribution in [3.8, 4) is 5.75 Å². The van der Waals surface area contributed by atoms with Gasteiger partial charge in [0.1, 0.15) is 11.6 Å². The van der Waals surface area contributed by atoms with Gasteiger partial charge in [-0.15, -0.1) is 0 Å². The summed E-state index contributed by atoms with van der Waals surface area (Å²) in [6.07, 6.45) is 0. The molecule has 0 unspecified atom stereocenters. The van der Waals surface area contributed by atoms with Crippen LogP contribution in [0.25, 0.3) is 10.9 Å². The van der Waals surface area contributed by atoms with Gasteiger partial charge in [-0.05, 0) is 36.8 Å². The number of sulfone groups is 1. The first-order chi connectivity index (χ1) is 15.8. The molecule has 1 aromatic heterocycles. The molecule has 3 N–H and O–H groups in total. The van der Waals surface area contributed by atoms with Crippen LogP contribution in [0.15, 0.2) is 47.4 Å². The van der Waals surface area contributed by atoms with Crippen LogP contribution in [0, 0.1) is 6.92 Å². The van der Waals surface area contributed by atoms with E-state index in [2.05, 4.69) is 11.4 Å². The summed E-state index contributed by atoms with van der Waals surface area (Å²) in [5, 5.41) is 4.51.